The van der Waals surface area contributed by atoms with Crippen molar-refractivity contribution in [2.24, 2.45) is 0 Å². The molecule has 1 aromatic heterocycles. The van der Waals surface area contributed by atoms with E-state index in [4.69, 9.17) is 0 Å². The molecule has 2 fully saturated rings. The van der Waals surface area contributed by atoms with Crippen molar-refractivity contribution >= 4 is 21.6 Å². The molecule has 0 spiro atoms. The fourth-order valence-corrected chi connectivity index (χ4v) is 5.48. The van der Waals surface area contributed by atoms with E-state index in [0.29, 0.717) is 18.5 Å². The number of carbonyl (C=O) groups is 1. The van der Waals surface area contributed by atoms with Crippen molar-refractivity contribution in [2.45, 2.75) is 45.1 Å². The topological polar surface area (TPSA) is 70.6 Å². The second-order valence-corrected chi connectivity index (χ2v) is 9.18. The lowest BCUT2D eigenvalue weighted by molar-refractivity contribution is 0.0708. The molecule has 1 unspecified atom stereocenters. The van der Waals surface area contributed by atoms with Gasteiger partial charge >= 0.3 is 0 Å². The summed E-state index contributed by atoms with van der Waals surface area (Å²) >= 11 is 0. The summed E-state index contributed by atoms with van der Waals surface area (Å²) in [6, 6.07) is 3.52. The van der Waals surface area contributed by atoms with Gasteiger partial charge in [0.15, 0.2) is 9.84 Å². The van der Waals surface area contributed by atoms with Gasteiger partial charge in [0, 0.05) is 31.9 Å². The van der Waals surface area contributed by atoms with Crippen LogP contribution in [0.25, 0.3) is 0 Å². The summed E-state index contributed by atoms with van der Waals surface area (Å²) in [4.78, 5) is 21.2. The zero-order valence-electron chi connectivity index (χ0n) is 14.9. The van der Waals surface area contributed by atoms with E-state index in [1.807, 2.05) is 19.1 Å². The molecule has 3 heterocycles. The van der Waals surface area contributed by atoms with Crippen molar-refractivity contribution in [3.63, 3.8) is 0 Å². The van der Waals surface area contributed by atoms with Gasteiger partial charge in [-0.15, -0.1) is 0 Å². The number of carbonyl (C=O) groups excluding carboxylic acids is 1. The minimum absolute atomic E-state index is 0.0753. The van der Waals surface area contributed by atoms with Gasteiger partial charge in [-0.05, 0) is 38.3 Å². The summed E-state index contributed by atoms with van der Waals surface area (Å²) in [5.41, 5.74) is 0.532. The molecule has 0 radical (unpaired) electrons. The van der Waals surface area contributed by atoms with Crippen molar-refractivity contribution < 1.29 is 13.2 Å². The van der Waals surface area contributed by atoms with Crippen LogP contribution in [0.15, 0.2) is 18.3 Å². The maximum atomic E-state index is 12.8. The first-order chi connectivity index (χ1) is 12.0. The van der Waals surface area contributed by atoms with Gasteiger partial charge in [-0.3, -0.25) is 4.79 Å². The molecule has 2 saturated heterocycles. The second-order valence-electron chi connectivity index (χ2n) is 6.95. The van der Waals surface area contributed by atoms with Crippen LogP contribution >= 0.6 is 0 Å². The largest absolute Gasteiger partial charge is 0.357 e. The van der Waals surface area contributed by atoms with Gasteiger partial charge in [-0.2, -0.15) is 0 Å². The number of hydrogen-bond acceptors (Lipinski definition) is 5. The minimum atomic E-state index is -3.01. The van der Waals surface area contributed by atoms with Crippen molar-refractivity contribution in [1.29, 1.82) is 0 Å². The van der Waals surface area contributed by atoms with Crippen molar-refractivity contribution in [1.82, 2.24) is 9.88 Å². The van der Waals surface area contributed by atoms with Crippen molar-refractivity contribution in [3.05, 3.63) is 23.9 Å². The standard InChI is InChI=1S/C18H27N3O3S/c1-2-21(16-9-12-25(23,24)14-16)18(22)15-7-8-17(19-13-15)20-10-5-3-4-6-11-20/h7-8,13,16H,2-6,9-12,14H2,1H3. The molecular weight excluding hydrogens is 338 g/mol. The molecule has 0 saturated carbocycles. The van der Waals surface area contributed by atoms with Crippen LogP contribution in [0, 0.1) is 0 Å². The second kappa shape index (κ2) is 7.72. The summed E-state index contributed by atoms with van der Waals surface area (Å²) in [6.07, 6.45) is 7.06. The lowest BCUT2D eigenvalue weighted by Crippen LogP contribution is -2.41. The Morgan fingerprint density at radius 3 is 2.48 bits per heavy atom. The highest BCUT2D eigenvalue weighted by Gasteiger charge is 2.34. The molecule has 2 aliphatic rings. The van der Waals surface area contributed by atoms with E-state index >= 15 is 0 Å². The number of nitrogens with zero attached hydrogens (tertiary/aromatic N) is 3. The zero-order chi connectivity index (χ0) is 17.9. The molecule has 25 heavy (non-hydrogen) atoms. The molecule has 3 rings (SSSR count). The highest BCUT2D eigenvalue weighted by molar-refractivity contribution is 7.91. The van der Waals surface area contributed by atoms with E-state index in [0.717, 1.165) is 18.9 Å². The van der Waals surface area contributed by atoms with E-state index in [1.54, 1.807) is 11.1 Å². The molecule has 0 aromatic carbocycles. The number of hydrogen-bond donors (Lipinski definition) is 0. The first kappa shape index (κ1) is 18.2. The fraction of sp³-hybridized carbons (Fsp3) is 0.667. The van der Waals surface area contributed by atoms with Crippen molar-refractivity contribution in [3.8, 4) is 0 Å². The van der Waals surface area contributed by atoms with Gasteiger partial charge < -0.3 is 9.80 Å². The summed E-state index contributed by atoms with van der Waals surface area (Å²) in [5.74, 6) is 1.05. The Hall–Kier alpha value is -1.63. The van der Waals surface area contributed by atoms with E-state index < -0.39 is 9.84 Å². The van der Waals surface area contributed by atoms with Crippen LogP contribution in [0.4, 0.5) is 5.82 Å². The number of pyridine rings is 1. The third kappa shape index (κ3) is 4.32. The SMILES string of the molecule is CCN(C(=O)c1ccc(N2CCCCCC2)nc1)C1CCS(=O)(=O)C1. The Morgan fingerprint density at radius 1 is 1.24 bits per heavy atom. The van der Waals surface area contributed by atoms with Crippen LogP contribution in [0.3, 0.4) is 0 Å². The molecule has 2 aliphatic heterocycles. The summed E-state index contributed by atoms with van der Waals surface area (Å²) in [7, 11) is -3.01. The Balaban J connectivity index is 1.71. The molecule has 6 nitrogen and oxygen atoms in total. The molecule has 0 bridgehead atoms. The molecule has 0 N–H and O–H groups in total. The maximum Gasteiger partial charge on any atom is 0.255 e. The van der Waals surface area contributed by atoms with E-state index in [9.17, 15) is 13.2 Å². The normalized spacial score (nSPS) is 23.2. The Morgan fingerprint density at radius 2 is 1.96 bits per heavy atom. The predicted octanol–water partition coefficient (Wildman–Crippen LogP) is 2.11. The minimum Gasteiger partial charge on any atom is -0.357 e. The van der Waals surface area contributed by atoms with E-state index in [-0.39, 0.29) is 23.5 Å². The zero-order valence-corrected chi connectivity index (χ0v) is 15.7. The Labute approximate surface area is 150 Å². The molecule has 7 heteroatoms. The van der Waals surface area contributed by atoms with Crippen LogP contribution in [0.2, 0.25) is 0 Å². The first-order valence-electron chi connectivity index (χ1n) is 9.22. The van der Waals surface area contributed by atoms with E-state index in [2.05, 4.69) is 9.88 Å². The van der Waals surface area contributed by atoms with Crippen molar-refractivity contribution in [2.75, 3.05) is 36.0 Å². The average molecular weight is 365 g/mol. The van der Waals surface area contributed by atoms with Gasteiger partial charge in [0.2, 0.25) is 0 Å². The first-order valence-corrected chi connectivity index (χ1v) is 11.0. The summed E-state index contributed by atoms with van der Waals surface area (Å²) in [6.45, 7) is 4.43. The lowest BCUT2D eigenvalue weighted by atomic mass is 10.1. The van der Waals surface area contributed by atoms with Crippen LogP contribution in [-0.4, -0.2) is 61.4 Å². The third-order valence-corrected chi connectivity index (χ3v) is 6.93. The maximum absolute atomic E-state index is 12.8. The summed E-state index contributed by atoms with van der Waals surface area (Å²) in [5, 5.41) is 0. The van der Waals surface area contributed by atoms with Crippen LogP contribution in [-0.2, 0) is 9.84 Å². The quantitative estimate of drug-likeness (QED) is 0.817. The number of amides is 1. The van der Waals surface area contributed by atoms with Crippen LogP contribution in [0.1, 0.15) is 49.4 Å². The highest BCUT2D eigenvalue weighted by atomic mass is 32.2. The number of rotatable bonds is 4. The molecule has 138 valence electrons. The number of sulfone groups is 1. The Bertz CT molecular complexity index is 695. The predicted molar refractivity (Wildman–Crippen MR) is 98.7 cm³/mol. The molecule has 1 aromatic rings. The number of anilines is 1. The highest BCUT2D eigenvalue weighted by Crippen LogP contribution is 2.21. The number of aromatic nitrogens is 1. The van der Waals surface area contributed by atoms with Gasteiger partial charge in [-0.1, -0.05) is 12.8 Å². The van der Waals surface area contributed by atoms with Gasteiger partial charge in [-0.25, -0.2) is 13.4 Å². The fourth-order valence-electron chi connectivity index (χ4n) is 3.75. The molecule has 1 atom stereocenters. The molecule has 0 aliphatic carbocycles. The van der Waals surface area contributed by atoms with Crippen LogP contribution in [0.5, 0.6) is 0 Å². The average Bonchev–Trinajstić information content (AvgIpc) is 2.81. The molecule has 1 amide bonds. The Kier molecular flexibility index (Phi) is 5.61. The smallest absolute Gasteiger partial charge is 0.255 e. The van der Waals surface area contributed by atoms with Gasteiger partial charge in [0.25, 0.3) is 5.91 Å². The molecular formula is C18H27N3O3S. The van der Waals surface area contributed by atoms with Gasteiger partial charge in [0.1, 0.15) is 5.82 Å². The monoisotopic (exact) mass is 365 g/mol. The lowest BCUT2D eigenvalue weighted by Gasteiger charge is -2.27. The van der Waals surface area contributed by atoms with E-state index in [1.165, 1.54) is 25.7 Å². The van der Waals surface area contributed by atoms with Gasteiger partial charge in [0.05, 0.1) is 17.1 Å². The van der Waals surface area contributed by atoms with Crippen LogP contribution < -0.4 is 4.90 Å². The third-order valence-electron chi connectivity index (χ3n) is 5.18. The summed E-state index contributed by atoms with van der Waals surface area (Å²) < 4.78 is 23.4.